The minimum absolute atomic E-state index is 0. The number of anilines is 1. The lowest BCUT2D eigenvalue weighted by Crippen LogP contribution is -2.24. The Hall–Kier alpha value is -2.73. The Morgan fingerprint density at radius 3 is 2.26 bits per heavy atom. The normalized spacial score (nSPS) is 9.81. The fourth-order valence-corrected chi connectivity index (χ4v) is 2.30. The van der Waals surface area contributed by atoms with Gasteiger partial charge in [0.1, 0.15) is 5.75 Å². The first kappa shape index (κ1) is 22.3. The number of hydrogen-bond donors (Lipinski definition) is 2. The fourth-order valence-electron chi connectivity index (χ4n) is 2.30. The third-order valence-electron chi connectivity index (χ3n) is 3.78. The van der Waals surface area contributed by atoms with Crippen molar-refractivity contribution in [2.75, 3.05) is 19.5 Å². The van der Waals surface area contributed by atoms with Gasteiger partial charge in [0.2, 0.25) is 5.91 Å². The highest BCUT2D eigenvalue weighted by Crippen LogP contribution is 2.13. The van der Waals surface area contributed by atoms with E-state index in [1.165, 1.54) is 7.11 Å². The van der Waals surface area contributed by atoms with Gasteiger partial charge in [0, 0.05) is 18.7 Å². The van der Waals surface area contributed by atoms with Gasteiger partial charge in [-0.3, -0.25) is 9.59 Å². The Morgan fingerprint density at radius 2 is 1.63 bits per heavy atom. The van der Waals surface area contributed by atoms with E-state index in [0.717, 1.165) is 16.9 Å². The number of esters is 1. The number of nitrogens with two attached hydrogens (primary N) is 1. The molecule has 0 fully saturated rings. The summed E-state index contributed by atoms with van der Waals surface area (Å²) in [7, 11) is 1.37. The van der Waals surface area contributed by atoms with Gasteiger partial charge in [-0.1, -0.05) is 24.3 Å². The monoisotopic (exact) mass is 392 g/mol. The van der Waals surface area contributed by atoms with Crippen LogP contribution >= 0.6 is 12.4 Å². The minimum Gasteiger partial charge on any atom is -0.494 e. The Kier molecular flexibility index (Phi) is 9.75. The number of hydrogen-bond acceptors (Lipinski definition) is 5. The maximum absolute atomic E-state index is 12.0. The summed E-state index contributed by atoms with van der Waals surface area (Å²) >= 11 is 0. The topological polar surface area (TPSA) is 90.6 Å². The van der Waals surface area contributed by atoms with Gasteiger partial charge in [0.25, 0.3) is 0 Å². The molecule has 6 nitrogen and oxygen atoms in total. The molecule has 1 amide bonds. The van der Waals surface area contributed by atoms with Crippen molar-refractivity contribution in [1.82, 2.24) is 5.32 Å². The van der Waals surface area contributed by atoms with Crippen molar-refractivity contribution in [2.45, 2.75) is 25.8 Å². The van der Waals surface area contributed by atoms with Crippen molar-refractivity contribution in [3.8, 4) is 5.75 Å². The van der Waals surface area contributed by atoms with E-state index in [1.807, 2.05) is 36.4 Å². The van der Waals surface area contributed by atoms with Crippen LogP contribution in [0, 0.1) is 0 Å². The van der Waals surface area contributed by atoms with Crippen molar-refractivity contribution in [1.29, 1.82) is 0 Å². The number of rotatable bonds is 9. The molecule has 0 unspecified atom stereocenters. The molecule has 0 aliphatic carbocycles. The zero-order chi connectivity index (χ0) is 18.8. The van der Waals surface area contributed by atoms with Crippen LogP contribution in [0.4, 0.5) is 5.69 Å². The second kappa shape index (κ2) is 11.8. The molecule has 0 aliphatic heterocycles. The highest BCUT2D eigenvalue weighted by Gasteiger charge is 2.04. The quantitative estimate of drug-likeness (QED) is 0.389. The third-order valence-corrected chi connectivity index (χ3v) is 3.78. The summed E-state index contributed by atoms with van der Waals surface area (Å²) in [5, 5.41) is 2.89. The van der Waals surface area contributed by atoms with Crippen molar-refractivity contribution >= 4 is 30.0 Å². The van der Waals surface area contributed by atoms with E-state index in [2.05, 4.69) is 10.1 Å². The molecule has 7 heteroatoms. The average Bonchev–Trinajstić information content (AvgIpc) is 2.66. The molecule has 0 spiro atoms. The Bertz CT molecular complexity index is 718. The predicted octanol–water partition coefficient (Wildman–Crippen LogP) is 2.88. The van der Waals surface area contributed by atoms with Gasteiger partial charge in [-0.2, -0.15) is 0 Å². The van der Waals surface area contributed by atoms with E-state index >= 15 is 0 Å². The van der Waals surface area contributed by atoms with Crippen LogP contribution in [-0.2, 0) is 27.3 Å². The summed E-state index contributed by atoms with van der Waals surface area (Å²) in [6.45, 7) is 0.906. The van der Waals surface area contributed by atoms with Gasteiger partial charge in [0.05, 0.1) is 20.1 Å². The molecule has 0 atom stereocenters. The van der Waals surface area contributed by atoms with Crippen molar-refractivity contribution in [3.05, 3.63) is 59.7 Å². The molecule has 0 saturated carbocycles. The van der Waals surface area contributed by atoms with E-state index in [-0.39, 0.29) is 24.3 Å². The number of nitrogens with one attached hydrogen (secondary N) is 1. The van der Waals surface area contributed by atoms with Crippen LogP contribution in [0.2, 0.25) is 0 Å². The predicted molar refractivity (Wildman–Crippen MR) is 107 cm³/mol. The molecule has 27 heavy (non-hydrogen) atoms. The Morgan fingerprint density at radius 1 is 1.00 bits per heavy atom. The second-order valence-electron chi connectivity index (χ2n) is 5.87. The molecule has 3 N–H and O–H groups in total. The van der Waals surface area contributed by atoms with Gasteiger partial charge in [0.15, 0.2) is 0 Å². The fraction of sp³-hybridized carbons (Fsp3) is 0.300. The summed E-state index contributed by atoms with van der Waals surface area (Å²) < 4.78 is 10.1. The molecular weight excluding hydrogens is 368 g/mol. The van der Waals surface area contributed by atoms with Crippen LogP contribution in [-0.4, -0.2) is 25.6 Å². The lowest BCUT2D eigenvalue weighted by molar-refractivity contribution is -0.140. The SMILES string of the molecule is COC(=O)CCCOc1ccc(CNC(=O)Cc2ccc(N)cc2)cc1.Cl. The van der Waals surface area contributed by atoms with Crippen molar-refractivity contribution in [2.24, 2.45) is 0 Å². The number of nitrogen functional groups attached to an aromatic ring is 1. The molecule has 146 valence electrons. The molecule has 2 aromatic carbocycles. The first-order chi connectivity index (χ1) is 12.6. The number of ether oxygens (including phenoxy) is 2. The summed E-state index contributed by atoms with van der Waals surface area (Å²) in [6.07, 6.45) is 1.27. The maximum Gasteiger partial charge on any atom is 0.305 e. The van der Waals surface area contributed by atoms with Crippen LogP contribution in [0.25, 0.3) is 0 Å². The number of carbonyl (C=O) groups excluding carboxylic acids is 2. The largest absolute Gasteiger partial charge is 0.494 e. The first-order valence-electron chi connectivity index (χ1n) is 8.46. The number of carbonyl (C=O) groups is 2. The molecule has 2 rings (SSSR count). The molecule has 0 bridgehead atoms. The summed E-state index contributed by atoms with van der Waals surface area (Å²) in [5.74, 6) is 0.448. The zero-order valence-electron chi connectivity index (χ0n) is 15.3. The maximum atomic E-state index is 12.0. The van der Waals surface area contributed by atoms with Crippen LogP contribution in [0.3, 0.4) is 0 Å². The smallest absolute Gasteiger partial charge is 0.305 e. The van der Waals surface area contributed by atoms with E-state index in [9.17, 15) is 9.59 Å². The summed E-state index contributed by atoms with van der Waals surface area (Å²) in [5.41, 5.74) is 8.22. The molecule has 0 aromatic heterocycles. The van der Waals surface area contributed by atoms with Gasteiger partial charge in [-0.25, -0.2) is 0 Å². The molecule has 0 saturated heterocycles. The van der Waals surface area contributed by atoms with Gasteiger partial charge in [-0.15, -0.1) is 12.4 Å². The number of methoxy groups -OCH3 is 1. The van der Waals surface area contributed by atoms with Crippen molar-refractivity contribution < 1.29 is 19.1 Å². The van der Waals surface area contributed by atoms with Crippen molar-refractivity contribution in [3.63, 3.8) is 0 Å². The van der Waals surface area contributed by atoms with Crippen LogP contribution in [0.5, 0.6) is 5.75 Å². The zero-order valence-corrected chi connectivity index (χ0v) is 16.1. The molecule has 0 aliphatic rings. The van der Waals surface area contributed by atoms with Gasteiger partial charge in [-0.05, 0) is 41.8 Å². The number of benzene rings is 2. The minimum atomic E-state index is -0.237. The summed E-state index contributed by atoms with van der Waals surface area (Å²) in [6, 6.07) is 14.8. The number of halogens is 1. The standard InChI is InChI=1S/C20H24N2O4.ClH/c1-25-20(24)3-2-12-26-18-10-6-16(7-11-18)14-22-19(23)13-15-4-8-17(21)9-5-15;/h4-11H,2-3,12-14,21H2,1H3,(H,22,23);1H. The molecular formula is C20H25ClN2O4. The van der Waals surface area contributed by atoms with Gasteiger partial charge >= 0.3 is 5.97 Å². The lowest BCUT2D eigenvalue weighted by Gasteiger charge is -2.08. The lowest BCUT2D eigenvalue weighted by atomic mass is 10.1. The Labute approximate surface area is 165 Å². The van der Waals surface area contributed by atoms with E-state index in [4.69, 9.17) is 10.5 Å². The summed E-state index contributed by atoms with van der Waals surface area (Å²) in [4.78, 5) is 23.0. The van der Waals surface area contributed by atoms with E-state index < -0.39 is 0 Å². The first-order valence-corrected chi connectivity index (χ1v) is 8.46. The van der Waals surface area contributed by atoms with Crippen LogP contribution in [0.1, 0.15) is 24.0 Å². The highest BCUT2D eigenvalue weighted by molar-refractivity contribution is 5.85. The van der Waals surface area contributed by atoms with Crippen LogP contribution < -0.4 is 15.8 Å². The third kappa shape index (κ3) is 8.46. The Balaban J connectivity index is 0.00000364. The average molecular weight is 393 g/mol. The molecule has 0 heterocycles. The van der Waals surface area contributed by atoms with E-state index in [0.29, 0.717) is 38.1 Å². The second-order valence-corrected chi connectivity index (χ2v) is 5.87. The number of amides is 1. The molecule has 0 radical (unpaired) electrons. The van der Waals surface area contributed by atoms with Gasteiger partial charge < -0.3 is 20.5 Å². The van der Waals surface area contributed by atoms with Crippen LogP contribution in [0.15, 0.2) is 48.5 Å². The van der Waals surface area contributed by atoms with E-state index in [1.54, 1.807) is 12.1 Å². The molecule has 2 aromatic rings. The highest BCUT2D eigenvalue weighted by atomic mass is 35.5.